The molecule has 0 aliphatic carbocycles. The third kappa shape index (κ3) is 1.08. The zero-order chi connectivity index (χ0) is 10.1. The van der Waals surface area contributed by atoms with Crippen molar-refractivity contribution in [1.82, 2.24) is 14.4 Å². The van der Waals surface area contributed by atoms with Crippen molar-refractivity contribution in [3.63, 3.8) is 0 Å². The lowest BCUT2D eigenvalue weighted by Gasteiger charge is -1.97. The van der Waals surface area contributed by atoms with E-state index in [1.807, 2.05) is 0 Å². The average molecular weight is 193 g/mol. The first kappa shape index (κ1) is 8.49. The quantitative estimate of drug-likeness (QED) is 0.637. The van der Waals surface area contributed by atoms with Crippen LogP contribution in [0.4, 0.5) is 0 Å². The Bertz CT molecular complexity index is 540. The molecule has 1 N–H and O–H groups in total. The molecule has 6 heteroatoms. The van der Waals surface area contributed by atoms with E-state index < -0.39 is 11.5 Å². The highest BCUT2D eigenvalue weighted by Gasteiger charge is 2.13. The number of nitrogens with zero attached hydrogens (tertiary/aromatic N) is 2. The summed E-state index contributed by atoms with van der Waals surface area (Å²) < 4.78 is 5.68. The smallest absolute Gasteiger partial charge is 0.345 e. The van der Waals surface area contributed by atoms with E-state index in [4.69, 9.17) is 0 Å². The molecule has 0 radical (unpaired) electrons. The standard InChI is InChI=1S/C8H7N3O3/c1-14-7(13)5-4-10-8-9-2-3-11(8)6(5)12/h2-4H,1H3,(H,9,10). The summed E-state index contributed by atoms with van der Waals surface area (Å²) in [5.41, 5.74) is -0.521. The van der Waals surface area contributed by atoms with Gasteiger partial charge in [-0.15, -0.1) is 0 Å². The zero-order valence-corrected chi connectivity index (χ0v) is 7.35. The van der Waals surface area contributed by atoms with Crippen LogP contribution in [0, 0.1) is 0 Å². The van der Waals surface area contributed by atoms with Crippen LogP contribution in [0.1, 0.15) is 10.4 Å². The number of hydrogen-bond donors (Lipinski definition) is 1. The Labute approximate surface area is 78.2 Å². The van der Waals surface area contributed by atoms with E-state index in [1.165, 1.54) is 23.9 Å². The van der Waals surface area contributed by atoms with Gasteiger partial charge >= 0.3 is 5.97 Å². The van der Waals surface area contributed by atoms with Gasteiger partial charge in [0.1, 0.15) is 5.56 Å². The minimum atomic E-state index is -0.682. The van der Waals surface area contributed by atoms with Crippen molar-refractivity contribution in [2.75, 3.05) is 7.11 Å². The first-order chi connectivity index (χ1) is 6.74. The van der Waals surface area contributed by atoms with E-state index in [0.717, 1.165) is 0 Å². The summed E-state index contributed by atoms with van der Waals surface area (Å²) in [5, 5.41) is 0. The number of hydrogen-bond acceptors (Lipinski definition) is 4. The second kappa shape index (κ2) is 2.99. The van der Waals surface area contributed by atoms with Gasteiger partial charge in [-0.1, -0.05) is 0 Å². The third-order valence-electron chi connectivity index (χ3n) is 1.83. The highest BCUT2D eigenvalue weighted by atomic mass is 16.5. The Hall–Kier alpha value is -2.11. The van der Waals surface area contributed by atoms with Crippen molar-refractivity contribution < 1.29 is 9.53 Å². The Balaban J connectivity index is 2.74. The van der Waals surface area contributed by atoms with Crippen molar-refractivity contribution in [2.45, 2.75) is 0 Å². The average Bonchev–Trinajstić information content (AvgIpc) is 2.66. The van der Waals surface area contributed by atoms with Crippen molar-refractivity contribution in [3.05, 3.63) is 34.5 Å². The predicted molar refractivity (Wildman–Crippen MR) is 47.2 cm³/mol. The predicted octanol–water partition coefficient (Wildman–Crippen LogP) is -0.191. The number of ether oxygens (including phenoxy) is 1. The lowest BCUT2D eigenvalue weighted by atomic mass is 10.3. The normalized spacial score (nSPS) is 10.4. The van der Waals surface area contributed by atoms with Gasteiger partial charge in [0.25, 0.3) is 5.56 Å². The van der Waals surface area contributed by atoms with Gasteiger partial charge in [-0.25, -0.2) is 9.78 Å². The van der Waals surface area contributed by atoms with E-state index in [2.05, 4.69) is 14.7 Å². The zero-order valence-electron chi connectivity index (χ0n) is 7.35. The van der Waals surface area contributed by atoms with Gasteiger partial charge in [-0.2, -0.15) is 0 Å². The molecule has 6 nitrogen and oxygen atoms in total. The van der Waals surface area contributed by atoms with Crippen molar-refractivity contribution in [2.24, 2.45) is 0 Å². The van der Waals surface area contributed by atoms with Gasteiger partial charge in [0.2, 0.25) is 5.78 Å². The second-order valence-electron chi connectivity index (χ2n) is 2.62. The molecule has 72 valence electrons. The number of imidazole rings is 1. The van der Waals surface area contributed by atoms with E-state index in [1.54, 1.807) is 6.20 Å². The number of carbonyl (C=O) groups is 1. The van der Waals surface area contributed by atoms with Crippen LogP contribution < -0.4 is 5.56 Å². The van der Waals surface area contributed by atoms with Crippen LogP contribution in [-0.2, 0) is 4.74 Å². The van der Waals surface area contributed by atoms with Gasteiger partial charge < -0.3 is 9.72 Å². The summed E-state index contributed by atoms with van der Waals surface area (Å²) in [7, 11) is 1.22. The first-order valence-corrected chi connectivity index (χ1v) is 3.87. The topological polar surface area (TPSA) is 76.5 Å². The number of H-pyrrole nitrogens is 1. The maximum absolute atomic E-state index is 11.6. The molecular weight excluding hydrogens is 186 g/mol. The number of rotatable bonds is 1. The lowest BCUT2D eigenvalue weighted by molar-refractivity contribution is 0.0598. The van der Waals surface area contributed by atoms with Gasteiger partial charge in [0, 0.05) is 12.4 Å². The molecule has 0 aliphatic heterocycles. The molecule has 0 aromatic carbocycles. The summed E-state index contributed by atoms with van der Waals surface area (Å²) >= 11 is 0. The molecule has 14 heavy (non-hydrogen) atoms. The largest absolute Gasteiger partial charge is 0.465 e. The van der Waals surface area contributed by atoms with Crippen molar-refractivity contribution >= 4 is 11.7 Å². The molecule has 0 unspecified atom stereocenters. The van der Waals surface area contributed by atoms with Crippen LogP contribution in [0.3, 0.4) is 0 Å². The summed E-state index contributed by atoms with van der Waals surface area (Å²) in [6, 6.07) is 0. The van der Waals surface area contributed by atoms with E-state index in [9.17, 15) is 9.59 Å². The fourth-order valence-electron chi connectivity index (χ4n) is 1.15. The second-order valence-corrected chi connectivity index (χ2v) is 2.62. The van der Waals surface area contributed by atoms with Gasteiger partial charge in [0.15, 0.2) is 0 Å². The number of methoxy groups -OCH3 is 1. The molecule has 0 fully saturated rings. The number of nitrogens with one attached hydrogen (secondary N) is 1. The molecule has 0 amide bonds. The Morgan fingerprint density at radius 3 is 3.14 bits per heavy atom. The SMILES string of the molecule is COC(=O)c1cnc2[nH]ccn2c1=O. The number of aromatic nitrogens is 3. The maximum atomic E-state index is 11.6. The van der Waals surface area contributed by atoms with E-state index in [0.29, 0.717) is 5.78 Å². The monoisotopic (exact) mass is 193 g/mol. The van der Waals surface area contributed by atoms with Gasteiger partial charge in [-0.3, -0.25) is 9.20 Å². The Kier molecular flexibility index (Phi) is 1.81. The number of fused-ring (bicyclic) bond motifs is 1. The molecule has 0 bridgehead atoms. The summed E-state index contributed by atoms with van der Waals surface area (Å²) in [4.78, 5) is 29.3. The Morgan fingerprint density at radius 2 is 2.43 bits per heavy atom. The molecule has 0 atom stereocenters. The number of aromatic amines is 1. The molecular formula is C8H7N3O3. The summed E-state index contributed by atoms with van der Waals surface area (Å²) in [5.74, 6) is -0.291. The Morgan fingerprint density at radius 1 is 1.64 bits per heavy atom. The molecule has 2 aromatic rings. The maximum Gasteiger partial charge on any atom is 0.345 e. The molecule has 0 saturated carbocycles. The van der Waals surface area contributed by atoms with Crippen LogP contribution in [0.15, 0.2) is 23.4 Å². The number of carbonyl (C=O) groups excluding carboxylic acids is 1. The summed E-state index contributed by atoms with van der Waals surface area (Å²) in [6.07, 6.45) is 4.25. The van der Waals surface area contributed by atoms with E-state index >= 15 is 0 Å². The van der Waals surface area contributed by atoms with Crippen LogP contribution in [0.25, 0.3) is 5.78 Å². The highest BCUT2D eigenvalue weighted by molar-refractivity contribution is 5.88. The molecule has 2 aromatic heterocycles. The van der Waals surface area contributed by atoms with Crippen LogP contribution in [0.2, 0.25) is 0 Å². The molecule has 0 spiro atoms. The summed E-state index contributed by atoms with van der Waals surface area (Å²) in [6.45, 7) is 0. The molecule has 2 rings (SSSR count). The van der Waals surface area contributed by atoms with Gasteiger partial charge in [0.05, 0.1) is 13.3 Å². The van der Waals surface area contributed by atoms with Gasteiger partial charge in [-0.05, 0) is 0 Å². The van der Waals surface area contributed by atoms with Crippen molar-refractivity contribution in [3.8, 4) is 0 Å². The lowest BCUT2D eigenvalue weighted by Crippen LogP contribution is -2.22. The van der Waals surface area contributed by atoms with Crippen LogP contribution in [0.5, 0.6) is 0 Å². The third-order valence-corrected chi connectivity index (χ3v) is 1.83. The fourth-order valence-corrected chi connectivity index (χ4v) is 1.15. The minimum Gasteiger partial charge on any atom is -0.465 e. The van der Waals surface area contributed by atoms with E-state index in [-0.39, 0.29) is 5.56 Å². The highest BCUT2D eigenvalue weighted by Crippen LogP contribution is 1.95. The van der Waals surface area contributed by atoms with Crippen LogP contribution in [-0.4, -0.2) is 27.4 Å². The fraction of sp³-hybridized carbons (Fsp3) is 0.125. The molecule has 0 saturated heterocycles. The molecule has 0 aliphatic rings. The molecule has 2 heterocycles. The number of esters is 1. The van der Waals surface area contributed by atoms with Crippen molar-refractivity contribution in [1.29, 1.82) is 0 Å². The van der Waals surface area contributed by atoms with Crippen LogP contribution >= 0.6 is 0 Å². The first-order valence-electron chi connectivity index (χ1n) is 3.87. The minimum absolute atomic E-state index is 0.0791.